The van der Waals surface area contributed by atoms with Crippen molar-refractivity contribution in [2.45, 2.75) is 30.8 Å². The Morgan fingerprint density at radius 1 is 1.06 bits per heavy atom. The van der Waals surface area contributed by atoms with E-state index in [1.165, 1.54) is 0 Å². The van der Waals surface area contributed by atoms with Crippen molar-refractivity contribution in [3.8, 4) is 0 Å². The second-order valence-electron chi connectivity index (χ2n) is 6.44. The number of fused-ring (bicyclic) bond motifs is 1. The highest BCUT2D eigenvalue weighted by atomic mass is 31.3. The number of carbonyl (C=O) groups is 1. The quantitative estimate of drug-likeness (QED) is 0.143. The number of hydrogen-bond acceptors (Lipinski definition) is 17. The molecule has 0 spiro atoms. The van der Waals surface area contributed by atoms with Crippen molar-refractivity contribution in [2.24, 2.45) is 5.73 Å². The van der Waals surface area contributed by atoms with Gasteiger partial charge in [-0.2, -0.15) is 34.3 Å². The van der Waals surface area contributed by atoms with Crippen LogP contribution in [0.4, 0.5) is 5.82 Å². The number of amides is 1. The molecule has 2 aliphatic rings. The summed E-state index contributed by atoms with van der Waals surface area (Å²) >= 11 is 0. The van der Waals surface area contributed by atoms with Crippen LogP contribution in [-0.2, 0) is 17.9 Å². The molecule has 182 valence electrons. The molecule has 0 bridgehead atoms. The van der Waals surface area contributed by atoms with E-state index in [1.807, 2.05) is 0 Å². The summed E-state index contributed by atoms with van der Waals surface area (Å²) in [6, 6.07) is 0. The van der Waals surface area contributed by atoms with Crippen molar-refractivity contribution < 1.29 is 67.1 Å². The molecule has 0 saturated carbocycles. The Bertz CT molecular complexity index is 850. The Kier molecular flexibility index (Phi) is 7.35. The van der Waals surface area contributed by atoms with Crippen molar-refractivity contribution in [1.29, 1.82) is 0 Å². The average Bonchev–Trinajstić information content (AvgIpc) is 3.12. The molecule has 32 heavy (non-hydrogen) atoms. The van der Waals surface area contributed by atoms with Crippen molar-refractivity contribution in [1.82, 2.24) is 14.9 Å². The van der Waals surface area contributed by atoms with Crippen LogP contribution in [-0.4, -0.2) is 91.1 Å². The van der Waals surface area contributed by atoms with Gasteiger partial charge in [-0.05, 0) is 0 Å². The molecule has 1 unspecified atom stereocenters. The first-order valence-electron chi connectivity index (χ1n) is 8.33. The number of imidazole rings is 1. The maximum atomic E-state index is 11.9. The van der Waals surface area contributed by atoms with Crippen LogP contribution in [0.3, 0.4) is 0 Å². The Morgan fingerprint density at radius 3 is 2.34 bits per heavy atom. The standard InChI is InChI=1S/C10H20N5O14P3/c11-10-13-7-4(8(18)14-10)12-2-15(7)9-6(17)5(16)3(27-9)1-26-31(22,23)29-32(24,25)28-30(19,20)21/h2-3,5-6,9-10,16-17,19-25H,1,11H2,(H-,13,14,18)/q+2/p+1/t3-,5-,6-,9-,10?/m1/s1. The van der Waals surface area contributed by atoms with Crippen molar-refractivity contribution >= 4 is 36.2 Å². The van der Waals surface area contributed by atoms with E-state index < -0.39 is 67.9 Å². The minimum Gasteiger partial charge on any atom is -0.387 e. The number of aromatic nitrogens is 2. The van der Waals surface area contributed by atoms with E-state index in [0.29, 0.717) is 0 Å². The van der Waals surface area contributed by atoms with E-state index in [0.717, 1.165) is 10.9 Å². The van der Waals surface area contributed by atoms with Crippen LogP contribution < -0.4 is 16.4 Å². The molecule has 0 aromatic carbocycles. The van der Waals surface area contributed by atoms with Gasteiger partial charge in [0.15, 0.2) is 18.2 Å². The molecular weight excluding hydrogens is 507 g/mol. The molecule has 1 amide bonds. The van der Waals surface area contributed by atoms with Crippen molar-refractivity contribution in [3.05, 3.63) is 12.0 Å². The summed E-state index contributed by atoms with van der Waals surface area (Å²) in [6.07, 6.45) is -5.91. The van der Waals surface area contributed by atoms with Gasteiger partial charge in [-0.1, -0.05) is 0 Å². The third-order valence-electron chi connectivity index (χ3n) is 4.03. The molecular formula is C10H21N5O14P3+3. The highest BCUT2D eigenvalue weighted by molar-refractivity contribution is 7.73. The highest BCUT2D eigenvalue weighted by Crippen LogP contribution is 2.75. The van der Waals surface area contributed by atoms with E-state index in [-0.39, 0.29) is 11.5 Å². The van der Waals surface area contributed by atoms with Crippen molar-refractivity contribution in [2.75, 3.05) is 11.9 Å². The summed E-state index contributed by atoms with van der Waals surface area (Å²) in [5.74, 6) is -0.531. The number of nitrogens with one attached hydrogen (secondary N) is 2. The lowest BCUT2D eigenvalue weighted by molar-refractivity contribution is -0.0532. The summed E-state index contributed by atoms with van der Waals surface area (Å²) < 4.78 is 18.8. The van der Waals surface area contributed by atoms with E-state index >= 15 is 0 Å². The minimum atomic E-state index is -5.35. The molecule has 1 aromatic heterocycles. The number of rotatable bonds is 8. The van der Waals surface area contributed by atoms with Crippen LogP contribution in [0.15, 0.2) is 6.33 Å². The Labute approximate surface area is 179 Å². The summed E-state index contributed by atoms with van der Waals surface area (Å²) in [5.41, 5.74) is 5.56. The molecule has 1 saturated heterocycles. The maximum absolute atomic E-state index is 11.9. The lowest BCUT2D eigenvalue weighted by atomic mass is 10.1. The first-order chi connectivity index (χ1) is 14.6. The zero-order valence-corrected chi connectivity index (χ0v) is 18.2. The number of aliphatic hydroxyl groups is 2. The second-order valence-corrected chi connectivity index (χ2v) is 11.0. The second kappa shape index (κ2) is 9.10. The third kappa shape index (κ3) is 6.01. The Morgan fingerprint density at radius 2 is 1.72 bits per heavy atom. The molecule has 5 atom stereocenters. The van der Waals surface area contributed by atoms with Gasteiger partial charge in [0.1, 0.15) is 30.7 Å². The van der Waals surface area contributed by atoms with E-state index in [2.05, 4.69) is 28.8 Å². The molecule has 2 aliphatic heterocycles. The SMILES string of the molecule is NC1NC(=O)c2ncn([C@@H]3O[C@H](CO[P+](O)(O)O[P+](O)(O)O[P+](O)(O)O)[C@@H](O)[C@H]3O)c2N1. The number of ether oxygens (including phenoxy) is 1. The van der Waals surface area contributed by atoms with Gasteiger partial charge in [0.05, 0.1) is 14.9 Å². The predicted octanol–water partition coefficient (Wildman–Crippen LogP) is -4.07. The fourth-order valence-corrected chi connectivity index (χ4v) is 6.01. The normalized spacial score (nSPS) is 28.9. The molecule has 1 aromatic rings. The topological polar surface area (TPSA) is 304 Å². The number of aliphatic hydroxyl groups excluding tert-OH is 2. The first-order valence-corrected chi connectivity index (χ1v) is 13.0. The fourth-order valence-electron chi connectivity index (χ4n) is 2.84. The number of anilines is 1. The van der Waals surface area contributed by atoms with Gasteiger partial charge in [-0.25, -0.2) is 4.98 Å². The summed E-state index contributed by atoms with van der Waals surface area (Å²) in [7, 11) is -15.7. The summed E-state index contributed by atoms with van der Waals surface area (Å²) in [5, 5.41) is 25.6. The number of carbonyl (C=O) groups excluding carboxylic acids is 1. The highest BCUT2D eigenvalue weighted by Gasteiger charge is 2.69. The van der Waals surface area contributed by atoms with Crippen LogP contribution in [0.25, 0.3) is 0 Å². The van der Waals surface area contributed by atoms with E-state index in [1.54, 1.807) is 0 Å². The molecule has 1 fully saturated rings. The van der Waals surface area contributed by atoms with Crippen LogP contribution in [0.5, 0.6) is 0 Å². The van der Waals surface area contributed by atoms with E-state index in [9.17, 15) is 34.6 Å². The molecule has 3 heterocycles. The van der Waals surface area contributed by atoms with Gasteiger partial charge in [0.2, 0.25) is 0 Å². The van der Waals surface area contributed by atoms with Crippen LogP contribution >= 0.6 is 24.5 Å². The van der Waals surface area contributed by atoms with Gasteiger partial charge in [0, 0.05) is 0 Å². The Hall–Kier alpha value is -0.790. The smallest absolute Gasteiger partial charge is 0.387 e. The van der Waals surface area contributed by atoms with Crippen molar-refractivity contribution in [3.63, 3.8) is 0 Å². The molecule has 13 N–H and O–H groups in total. The number of nitrogens with two attached hydrogens (primary N) is 1. The van der Waals surface area contributed by atoms with Crippen LogP contribution in [0.2, 0.25) is 0 Å². The summed E-state index contributed by atoms with van der Waals surface area (Å²) in [4.78, 5) is 79.7. The first kappa shape index (κ1) is 25.8. The molecule has 0 aliphatic carbocycles. The van der Waals surface area contributed by atoms with Gasteiger partial charge in [0.25, 0.3) is 5.91 Å². The zero-order chi connectivity index (χ0) is 24.1. The van der Waals surface area contributed by atoms with Gasteiger partial charge in [-0.15, -0.1) is 4.52 Å². The predicted molar refractivity (Wildman–Crippen MR) is 102 cm³/mol. The third-order valence-corrected chi connectivity index (χ3v) is 7.95. The molecule has 22 heteroatoms. The number of hydrogen-bond donors (Lipinski definition) is 12. The van der Waals surface area contributed by atoms with Gasteiger partial charge >= 0.3 is 24.5 Å². The largest absolute Gasteiger partial charge is 0.667 e. The van der Waals surface area contributed by atoms with Gasteiger partial charge < -0.3 is 25.6 Å². The van der Waals surface area contributed by atoms with Gasteiger partial charge in [-0.3, -0.25) is 15.1 Å². The molecule has 0 radical (unpaired) electrons. The lowest BCUT2D eigenvalue weighted by Crippen LogP contribution is -2.51. The van der Waals surface area contributed by atoms with Crippen LogP contribution in [0, 0.1) is 0 Å². The summed E-state index contributed by atoms with van der Waals surface area (Å²) in [6.45, 7) is -0.891. The number of nitrogens with zero attached hydrogens (tertiary/aromatic N) is 2. The average molecular weight is 528 g/mol. The fraction of sp³-hybridized carbons (Fsp3) is 0.600. The zero-order valence-electron chi connectivity index (χ0n) is 15.6. The Balaban J connectivity index is 1.66. The maximum Gasteiger partial charge on any atom is 0.667 e. The van der Waals surface area contributed by atoms with E-state index in [4.69, 9.17) is 25.2 Å². The molecule has 3 rings (SSSR count). The monoisotopic (exact) mass is 528 g/mol. The molecule has 19 nitrogen and oxygen atoms in total. The van der Waals surface area contributed by atoms with Crippen LogP contribution in [0.1, 0.15) is 16.7 Å². The lowest BCUT2D eigenvalue weighted by Gasteiger charge is -2.25. The minimum absolute atomic E-state index is 0.0671.